The van der Waals surface area contributed by atoms with Gasteiger partial charge in [0, 0.05) is 17.2 Å². The van der Waals surface area contributed by atoms with Gasteiger partial charge in [0.1, 0.15) is 11.6 Å². The second-order valence-electron chi connectivity index (χ2n) is 8.30. The van der Waals surface area contributed by atoms with Crippen LogP contribution in [0.25, 0.3) is 5.69 Å². The van der Waals surface area contributed by atoms with Crippen molar-refractivity contribution in [3.63, 3.8) is 0 Å². The van der Waals surface area contributed by atoms with E-state index in [9.17, 15) is 14.3 Å². The molecule has 1 fully saturated rings. The third-order valence-electron chi connectivity index (χ3n) is 6.05. The Balaban J connectivity index is 1.77. The quantitative estimate of drug-likeness (QED) is 0.396. The zero-order valence-corrected chi connectivity index (χ0v) is 19.0. The van der Waals surface area contributed by atoms with E-state index in [2.05, 4.69) is 17.1 Å². The number of aromatic nitrogens is 3. The zero-order chi connectivity index (χ0) is 22.5. The molecular weight excluding hydrogens is 425 g/mol. The summed E-state index contributed by atoms with van der Waals surface area (Å²) in [6, 6.07) is 13.8. The highest BCUT2D eigenvalue weighted by atomic mass is 32.2. The number of hydrogen-bond acceptors (Lipinski definition) is 4. The van der Waals surface area contributed by atoms with Gasteiger partial charge in [0.25, 0.3) is 0 Å². The summed E-state index contributed by atoms with van der Waals surface area (Å²) in [5.41, 5.74) is 1.64. The molecule has 0 amide bonds. The minimum Gasteiger partial charge on any atom is -0.478 e. The molecule has 1 aliphatic rings. The number of aryl methyl sites for hydroxylation is 1. The number of aromatic carboxylic acids is 1. The van der Waals surface area contributed by atoms with E-state index in [4.69, 9.17) is 0 Å². The maximum Gasteiger partial charge on any atom is 0.335 e. The van der Waals surface area contributed by atoms with Crippen LogP contribution in [0.2, 0.25) is 0 Å². The third kappa shape index (κ3) is 4.88. The van der Waals surface area contributed by atoms with E-state index in [-0.39, 0.29) is 16.6 Å². The summed E-state index contributed by atoms with van der Waals surface area (Å²) < 4.78 is 16.8. The summed E-state index contributed by atoms with van der Waals surface area (Å²) in [6.07, 6.45) is 7.28. The molecule has 3 aromatic rings. The molecular formula is C25H28FN3O2S. The minimum atomic E-state index is -0.974. The molecule has 1 N–H and O–H groups in total. The van der Waals surface area contributed by atoms with Crippen molar-refractivity contribution in [1.29, 1.82) is 0 Å². The van der Waals surface area contributed by atoms with Crippen molar-refractivity contribution in [2.24, 2.45) is 5.92 Å². The lowest BCUT2D eigenvalue weighted by Crippen LogP contribution is -2.16. The first kappa shape index (κ1) is 22.5. The van der Waals surface area contributed by atoms with Gasteiger partial charge < -0.3 is 5.11 Å². The van der Waals surface area contributed by atoms with Crippen molar-refractivity contribution in [2.45, 2.75) is 62.3 Å². The van der Waals surface area contributed by atoms with E-state index < -0.39 is 5.97 Å². The fraction of sp³-hybridized carbons (Fsp3) is 0.400. The van der Waals surface area contributed by atoms with Gasteiger partial charge in [0.05, 0.1) is 11.3 Å². The predicted molar refractivity (Wildman–Crippen MR) is 124 cm³/mol. The van der Waals surface area contributed by atoms with Crippen molar-refractivity contribution >= 4 is 17.7 Å². The summed E-state index contributed by atoms with van der Waals surface area (Å²) >= 11 is 1.55. The second kappa shape index (κ2) is 10.3. The number of rotatable bonds is 8. The van der Waals surface area contributed by atoms with Crippen molar-refractivity contribution in [2.75, 3.05) is 0 Å². The van der Waals surface area contributed by atoms with Crippen molar-refractivity contribution in [3.05, 3.63) is 71.3 Å². The minimum absolute atomic E-state index is 0.0726. The van der Waals surface area contributed by atoms with Gasteiger partial charge in [-0.25, -0.2) is 9.18 Å². The zero-order valence-electron chi connectivity index (χ0n) is 18.2. The Morgan fingerprint density at radius 3 is 2.66 bits per heavy atom. The largest absolute Gasteiger partial charge is 0.478 e. The molecule has 4 rings (SSSR count). The van der Waals surface area contributed by atoms with Gasteiger partial charge in [-0.15, -0.1) is 10.2 Å². The van der Waals surface area contributed by atoms with Crippen LogP contribution in [0.3, 0.4) is 0 Å². The normalized spacial score (nSPS) is 15.6. The van der Waals surface area contributed by atoms with E-state index in [1.165, 1.54) is 12.5 Å². The van der Waals surface area contributed by atoms with Crippen LogP contribution in [-0.2, 0) is 6.42 Å². The number of carboxylic acid groups (broad SMARTS) is 1. The molecule has 1 saturated carbocycles. The monoisotopic (exact) mass is 453 g/mol. The Morgan fingerprint density at radius 1 is 1.16 bits per heavy atom. The Hall–Kier alpha value is -2.67. The van der Waals surface area contributed by atoms with Crippen LogP contribution in [0.15, 0.2) is 53.7 Å². The average molecular weight is 454 g/mol. The van der Waals surface area contributed by atoms with E-state index >= 15 is 0 Å². The first-order valence-corrected chi connectivity index (χ1v) is 12.2. The smallest absolute Gasteiger partial charge is 0.335 e. The summed E-state index contributed by atoms with van der Waals surface area (Å²) in [5.74, 6) is -0.0230. The molecule has 2 aromatic carbocycles. The highest BCUT2D eigenvalue weighted by molar-refractivity contribution is 7.99. The molecule has 1 atom stereocenters. The van der Waals surface area contributed by atoms with Gasteiger partial charge in [-0.05, 0) is 49.4 Å². The Morgan fingerprint density at radius 2 is 1.94 bits per heavy atom. The van der Waals surface area contributed by atoms with E-state index in [0.29, 0.717) is 16.6 Å². The Kier molecular flexibility index (Phi) is 7.25. The SMILES string of the molecule is CCCc1nnc(SC(c2ccccc2F)C2CCCCC2)n1-c1cccc(C(=O)O)c1. The van der Waals surface area contributed by atoms with Crippen LogP contribution in [0.1, 0.15) is 72.4 Å². The van der Waals surface area contributed by atoms with Crippen LogP contribution < -0.4 is 0 Å². The molecule has 1 aromatic heterocycles. The van der Waals surface area contributed by atoms with E-state index in [0.717, 1.165) is 50.0 Å². The summed E-state index contributed by atoms with van der Waals surface area (Å²) in [5, 5.41) is 19.0. The lowest BCUT2D eigenvalue weighted by Gasteiger charge is -2.30. The molecule has 0 bridgehead atoms. The van der Waals surface area contributed by atoms with Crippen LogP contribution in [0.5, 0.6) is 0 Å². The highest BCUT2D eigenvalue weighted by Crippen LogP contribution is 2.47. The van der Waals surface area contributed by atoms with Gasteiger partial charge in [-0.1, -0.05) is 62.2 Å². The standard InChI is InChI=1S/C25H28FN3O2S/c1-2-9-22-27-28-25(29(22)19-13-8-12-18(16-19)24(30)31)32-23(17-10-4-3-5-11-17)20-14-6-7-15-21(20)26/h6-8,12-17,23H,2-5,9-11H2,1H3,(H,30,31). The predicted octanol–water partition coefficient (Wildman–Crippen LogP) is 6.47. The fourth-order valence-electron chi connectivity index (χ4n) is 4.47. The van der Waals surface area contributed by atoms with Crippen LogP contribution in [0, 0.1) is 11.7 Å². The molecule has 7 heteroatoms. The van der Waals surface area contributed by atoms with Gasteiger partial charge in [0.2, 0.25) is 0 Å². The molecule has 32 heavy (non-hydrogen) atoms. The first-order valence-electron chi connectivity index (χ1n) is 11.3. The average Bonchev–Trinajstić information content (AvgIpc) is 3.21. The lowest BCUT2D eigenvalue weighted by molar-refractivity contribution is 0.0697. The van der Waals surface area contributed by atoms with E-state index in [1.807, 2.05) is 22.8 Å². The summed E-state index contributed by atoms with van der Waals surface area (Å²) in [7, 11) is 0. The number of halogens is 1. The number of thioether (sulfide) groups is 1. The van der Waals surface area contributed by atoms with Crippen LogP contribution >= 0.6 is 11.8 Å². The van der Waals surface area contributed by atoms with Crippen molar-refractivity contribution in [3.8, 4) is 5.69 Å². The molecule has 0 spiro atoms. The molecule has 1 heterocycles. The third-order valence-corrected chi connectivity index (χ3v) is 7.42. The van der Waals surface area contributed by atoms with Gasteiger partial charge in [-0.2, -0.15) is 0 Å². The van der Waals surface area contributed by atoms with Gasteiger partial charge in [-0.3, -0.25) is 4.57 Å². The molecule has 0 saturated heterocycles. The number of carbonyl (C=O) groups is 1. The maximum atomic E-state index is 14.9. The summed E-state index contributed by atoms with van der Waals surface area (Å²) in [6.45, 7) is 2.07. The van der Waals surface area contributed by atoms with Crippen LogP contribution in [0.4, 0.5) is 4.39 Å². The topological polar surface area (TPSA) is 68.0 Å². The Labute approximate surface area is 192 Å². The van der Waals surface area contributed by atoms with E-state index in [1.54, 1.807) is 36.0 Å². The van der Waals surface area contributed by atoms with Gasteiger partial charge in [0.15, 0.2) is 5.16 Å². The molecule has 0 aliphatic heterocycles. The van der Waals surface area contributed by atoms with Crippen molar-refractivity contribution in [1.82, 2.24) is 14.8 Å². The Bertz CT molecular complexity index is 1080. The van der Waals surface area contributed by atoms with Crippen molar-refractivity contribution < 1.29 is 14.3 Å². The number of nitrogens with zero attached hydrogens (tertiary/aromatic N) is 3. The van der Waals surface area contributed by atoms with Crippen LogP contribution in [-0.4, -0.2) is 25.8 Å². The fourth-order valence-corrected chi connectivity index (χ4v) is 5.88. The number of benzene rings is 2. The molecule has 1 unspecified atom stereocenters. The first-order chi connectivity index (χ1) is 15.6. The molecule has 5 nitrogen and oxygen atoms in total. The molecule has 0 radical (unpaired) electrons. The molecule has 168 valence electrons. The summed E-state index contributed by atoms with van der Waals surface area (Å²) in [4.78, 5) is 11.5. The lowest BCUT2D eigenvalue weighted by atomic mass is 9.84. The number of hydrogen-bond donors (Lipinski definition) is 1. The van der Waals surface area contributed by atoms with Gasteiger partial charge >= 0.3 is 5.97 Å². The maximum absolute atomic E-state index is 14.9. The second-order valence-corrected chi connectivity index (χ2v) is 9.41. The number of carboxylic acids is 1. The molecule has 1 aliphatic carbocycles. The highest BCUT2D eigenvalue weighted by Gasteiger charge is 2.30.